The maximum Gasteiger partial charge on any atom is 0.152 e. The zero-order chi connectivity index (χ0) is 12.9. The first-order valence-corrected chi connectivity index (χ1v) is 6.46. The smallest absolute Gasteiger partial charge is 0.152 e. The molecule has 4 N–H and O–H groups in total. The lowest BCUT2D eigenvalue weighted by molar-refractivity contribution is 0.751. The third-order valence-corrected chi connectivity index (χ3v) is 3.92. The van der Waals surface area contributed by atoms with Gasteiger partial charge in [-0.1, -0.05) is 0 Å². The highest BCUT2D eigenvalue weighted by atomic mass is 79.9. The molecule has 1 fully saturated rings. The molecule has 0 saturated carbocycles. The minimum absolute atomic E-state index is 0.179. The van der Waals surface area contributed by atoms with Crippen LogP contribution in [0.1, 0.15) is 6.42 Å². The number of anilines is 2. The Bertz CT molecular complexity index is 612. The number of nitrogen functional groups attached to an aromatic ring is 1. The molecular formula is C10H12BBrN6. The molecule has 0 aliphatic carbocycles. The third-order valence-electron chi connectivity index (χ3n) is 3.16. The van der Waals surface area contributed by atoms with E-state index in [1.165, 1.54) is 4.52 Å². The summed E-state index contributed by atoms with van der Waals surface area (Å²) >= 11 is 3.47. The first-order valence-electron chi connectivity index (χ1n) is 5.66. The Kier molecular flexibility index (Phi) is 2.71. The van der Waals surface area contributed by atoms with Crippen LogP contribution in [0.2, 0.25) is 0 Å². The predicted octanol–water partition coefficient (Wildman–Crippen LogP) is -0.595. The molecule has 1 aliphatic rings. The van der Waals surface area contributed by atoms with Crippen LogP contribution in [0, 0.1) is 0 Å². The van der Waals surface area contributed by atoms with E-state index in [0.717, 1.165) is 29.8 Å². The molecule has 1 saturated heterocycles. The molecule has 0 aromatic carbocycles. The van der Waals surface area contributed by atoms with E-state index in [1.54, 1.807) is 6.20 Å². The van der Waals surface area contributed by atoms with Gasteiger partial charge in [0.15, 0.2) is 5.65 Å². The van der Waals surface area contributed by atoms with Gasteiger partial charge in [-0.05, 0) is 27.8 Å². The van der Waals surface area contributed by atoms with E-state index in [4.69, 9.17) is 19.3 Å². The first kappa shape index (κ1) is 11.8. The van der Waals surface area contributed by atoms with Gasteiger partial charge in [0.2, 0.25) is 0 Å². The Balaban J connectivity index is 2.17. The van der Waals surface area contributed by atoms with Gasteiger partial charge in [-0.2, -0.15) is 9.61 Å². The van der Waals surface area contributed by atoms with Gasteiger partial charge in [0, 0.05) is 25.3 Å². The fourth-order valence-corrected chi connectivity index (χ4v) is 2.70. The molecule has 2 radical (unpaired) electrons. The molecule has 1 aliphatic heterocycles. The van der Waals surface area contributed by atoms with Gasteiger partial charge in [0.25, 0.3) is 0 Å². The lowest BCUT2D eigenvalue weighted by Gasteiger charge is -2.19. The second-order valence-corrected chi connectivity index (χ2v) is 5.26. The van der Waals surface area contributed by atoms with Crippen molar-refractivity contribution in [2.24, 2.45) is 5.73 Å². The molecule has 3 rings (SSSR count). The van der Waals surface area contributed by atoms with Crippen molar-refractivity contribution >= 4 is 46.5 Å². The van der Waals surface area contributed by atoms with Crippen molar-refractivity contribution in [2.45, 2.75) is 12.5 Å². The van der Waals surface area contributed by atoms with Crippen LogP contribution in [0.4, 0.5) is 11.6 Å². The van der Waals surface area contributed by atoms with Crippen LogP contribution in [0.15, 0.2) is 10.7 Å². The maximum atomic E-state index is 6.03. The Labute approximate surface area is 114 Å². The molecule has 6 nitrogen and oxygen atoms in total. The molecule has 18 heavy (non-hydrogen) atoms. The van der Waals surface area contributed by atoms with Crippen molar-refractivity contribution in [1.29, 1.82) is 0 Å². The molecule has 0 bridgehead atoms. The summed E-state index contributed by atoms with van der Waals surface area (Å²) in [6, 6.07) is 0.179. The number of halogens is 1. The highest BCUT2D eigenvalue weighted by Gasteiger charge is 2.24. The van der Waals surface area contributed by atoms with E-state index in [2.05, 4.69) is 30.9 Å². The van der Waals surface area contributed by atoms with Crippen LogP contribution >= 0.6 is 15.9 Å². The van der Waals surface area contributed by atoms with Gasteiger partial charge in [-0.3, -0.25) is 0 Å². The second kappa shape index (κ2) is 4.13. The number of fused-ring (bicyclic) bond motifs is 1. The van der Waals surface area contributed by atoms with Crippen LogP contribution in [-0.2, 0) is 0 Å². The number of hydrogen-bond donors (Lipinski definition) is 2. The number of rotatable bonds is 1. The van der Waals surface area contributed by atoms with Gasteiger partial charge in [-0.15, -0.1) is 0 Å². The normalized spacial score (nSPS) is 19.9. The van der Waals surface area contributed by atoms with Crippen molar-refractivity contribution < 1.29 is 0 Å². The van der Waals surface area contributed by atoms with Crippen molar-refractivity contribution in [3.8, 4) is 0 Å². The fraction of sp³-hybridized carbons (Fsp3) is 0.400. The lowest BCUT2D eigenvalue weighted by atomic mass is 10.0. The summed E-state index contributed by atoms with van der Waals surface area (Å²) < 4.78 is 2.26. The fourth-order valence-electron chi connectivity index (χ4n) is 2.19. The summed E-state index contributed by atoms with van der Waals surface area (Å²) in [5, 5.41) is 4.09. The summed E-state index contributed by atoms with van der Waals surface area (Å²) in [6.07, 6.45) is 2.50. The minimum Gasteiger partial charge on any atom is -0.383 e. The van der Waals surface area contributed by atoms with Gasteiger partial charge in [-0.25, -0.2) is 4.98 Å². The van der Waals surface area contributed by atoms with Gasteiger partial charge in [0.1, 0.15) is 24.0 Å². The highest BCUT2D eigenvalue weighted by Crippen LogP contribution is 2.31. The second-order valence-electron chi connectivity index (χ2n) is 4.46. The van der Waals surface area contributed by atoms with Crippen LogP contribution in [-0.4, -0.2) is 41.6 Å². The number of nitrogens with two attached hydrogens (primary N) is 2. The third kappa shape index (κ3) is 1.67. The van der Waals surface area contributed by atoms with Crippen LogP contribution < -0.4 is 21.8 Å². The molecule has 0 spiro atoms. The van der Waals surface area contributed by atoms with Gasteiger partial charge in [0.05, 0.1) is 0 Å². The molecular weight excluding hydrogens is 295 g/mol. The van der Waals surface area contributed by atoms with Crippen LogP contribution in [0.5, 0.6) is 0 Å². The summed E-state index contributed by atoms with van der Waals surface area (Å²) in [4.78, 5) is 6.64. The van der Waals surface area contributed by atoms with Crippen LogP contribution in [0.3, 0.4) is 0 Å². The number of nitrogens with zero attached hydrogens (tertiary/aromatic N) is 4. The predicted molar refractivity (Wildman–Crippen MR) is 75.3 cm³/mol. The molecule has 2 aromatic rings. The van der Waals surface area contributed by atoms with Gasteiger partial charge >= 0.3 is 0 Å². The maximum absolute atomic E-state index is 6.03. The van der Waals surface area contributed by atoms with Gasteiger partial charge < -0.3 is 16.4 Å². The van der Waals surface area contributed by atoms with Crippen molar-refractivity contribution in [3.05, 3.63) is 10.7 Å². The van der Waals surface area contributed by atoms with Crippen LogP contribution in [0.25, 0.3) is 5.65 Å². The standard InChI is InChI=1S/C10H12BBrN6/c11-6-3-15-18-8(14)7(12)10(16-9(6)18)17-2-1-5(13)4-17/h3,5H,1-2,4,13-14H2. The SMILES string of the molecule is [B]c1cnn2c(N)c(Br)c(N3CCC(N)C3)nc12. The van der Waals surface area contributed by atoms with E-state index in [0.29, 0.717) is 16.9 Å². The Hall–Kier alpha value is -1.28. The number of aromatic nitrogens is 3. The quantitative estimate of drug-likeness (QED) is 0.688. The van der Waals surface area contributed by atoms with E-state index in [-0.39, 0.29) is 6.04 Å². The van der Waals surface area contributed by atoms with Crippen molar-refractivity contribution in [2.75, 3.05) is 23.7 Å². The monoisotopic (exact) mass is 306 g/mol. The zero-order valence-electron chi connectivity index (χ0n) is 9.67. The number of hydrogen-bond acceptors (Lipinski definition) is 5. The molecule has 1 unspecified atom stereocenters. The molecule has 0 amide bonds. The summed E-state index contributed by atoms with van der Waals surface area (Å²) in [5.74, 6) is 1.27. The van der Waals surface area contributed by atoms with E-state index in [1.807, 2.05) is 0 Å². The minimum atomic E-state index is 0.179. The molecule has 1 atom stereocenters. The molecule has 2 aromatic heterocycles. The van der Waals surface area contributed by atoms with E-state index >= 15 is 0 Å². The molecule has 3 heterocycles. The zero-order valence-corrected chi connectivity index (χ0v) is 11.3. The van der Waals surface area contributed by atoms with E-state index in [9.17, 15) is 0 Å². The van der Waals surface area contributed by atoms with E-state index < -0.39 is 0 Å². The average Bonchev–Trinajstić information content (AvgIpc) is 2.91. The molecule has 8 heteroatoms. The lowest BCUT2D eigenvalue weighted by Crippen LogP contribution is -2.27. The average molecular weight is 307 g/mol. The Morgan fingerprint density at radius 3 is 2.94 bits per heavy atom. The first-order chi connectivity index (χ1) is 8.58. The Morgan fingerprint density at radius 1 is 1.50 bits per heavy atom. The largest absolute Gasteiger partial charge is 0.383 e. The van der Waals surface area contributed by atoms with Crippen molar-refractivity contribution in [3.63, 3.8) is 0 Å². The highest BCUT2D eigenvalue weighted by molar-refractivity contribution is 9.10. The Morgan fingerprint density at radius 2 is 2.28 bits per heavy atom. The summed E-state index contributed by atoms with van der Waals surface area (Å²) in [5.41, 5.74) is 13.0. The summed E-state index contributed by atoms with van der Waals surface area (Å²) in [6.45, 7) is 1.64. The topological polar surface area (TPSA) is 85.5 Å². The molecule has 92 valence electrons. The summed E-state index contributed by atoms with van der Waals surface area (Å²) in [7, 11) is 5.83. The van der Waals surface area contributed by atoms with Crippen molar-refractivity contribution in [1.82, 2.24) is 14.6 Å².